The Morgan fingerprint density at radius 3 is 2.68 bits per heavy atom. The Kier molecular flexibility index (Phi) is 4.46. The molecule has 1 aromatic heterocycles. The van der Waals surface area contributed by atoms with Crippen molar-refractivity contribution >= 4 is 56.6 Å². The number of hydrogen-bond donors (Lipinski definition) is 3. The molecule has 0 bridgehead atoms. The van der Waals surface area contributed by atoms with Crippen molar-refractivity contribution in [1.82, 2.24) is 9.97 Å². The average Bonchev–Trinajstić information content (AvgIpc) is 2.38. The molecule has 0 aliphatic carbocycles. The third kappa shape index (κ3) is 3.27. The van der Waals surface area contributed by atoms with E-state index in [4.69, 9.17) is 29.0 Å². The van der Waals surface area contributed by atoms with Gasteiger partial charge in [0, 0.05) is 11.2 Å². The summed E-state index contributed by atoms with van der Waals surface area (Å²) in [5.41, 5.74) is 3.93. The normalized spacial score (nSPS) is 10.4. The number of halogens is 3. The molecule has 0 atom stereocenters. The first-order valence-corrected chi connectivity index (χ1v) is 6.78. The van der Waals surface area contributed by atoms with Gasteiger partial charge in [-0.05, 0) is 40.5 Å². The van der Waals surface area contributed by atoms with Crippen molar-refractivity contribution in [1.29, 1.82) is 0 Å². The molecule has 0 aliphatic heterocycles. The summed E-state index contributed by atoms with van der Waals surface area (Å²) in [5.74, 6) is 6.09. The number of benzene rings is 1. The first kappa shape index (κ1) is 14.3. The van der Waals surface area contributed by atoms with E-state index in [1.807, 2.05) is 6.92 Å². The van der Waals surface area contributed by atoms with E-state index in [1.165, 1.54) is 0 Å². The molecule has 0 amide bonds. The van der Waals surface area contributed by atoms with Gasteiger partial charge in [0.2, 0.25) is 5.95 Å². The highest BCUT2D eigenvalue weighted by Crippen LogP contribution is 2.32. The van der Waals surface area contributed by atoms with Crippen LogP contribution in [-0.4, -0.2) is 9.97 Å². The highest BCUT2D eigenvalue weighted by molar-refractivity contribution is 9.10. The molecule has 0 saturated carbocycles. The number of aryl methyl sites for hydroxylation is 1. The Morgan fingerprint density at radius 1 is 1.26 bits per heavy atom. The van der Waals surface area contributed by atoms with E-state index in [-0.39, 0.29) is 0 Å². The van der Waals surface area contributed by atoms with Gasteiger partial charge in [-0.3, -0.25) is 5.43 Å². The highest BCUT2D eigenvalue weighted by atomic mass is 79.9. The zero-order valence-electron chi connectivity index (χ0n) is 9.84. The maximum atomic E-state index is 6.16. The number of nitrogens with one attached hydrogen (secondary N) is 2. The maximum absolute atomic E-state index is 6.16. The fraction of sp³-hybridized carbons (Fsp3) is 0.0909. The number of anilines is 3. The van der Waals surface area contributed by atoms with Crippen LogP contribution in [0.2, 0.25) is 10.0 Å². The Labute approximate surface area is 128 Å². The molecule has 0 saturated heterocycles. The van der Waals surface area contributed by atoms with Gasteiger partial charge in [-0.15, -0.1) is 0 Å². The Bertz CT molecular complexity index is 620. The Balaban J connectivity index is 2.38. The van der Waals surface area contributed by atoms with Gasteiger partial charge in [0.15, 0.2) is 0 Å². The summed E-state index contributed by atoms with van der Waals surface area (Å²) in [7, 11) is 0. The molecule has 100 valence electrons. The van der Waals surface area contributed by atoms with E-state index in [9.17, 15) is 0 Å². The standard InChI is InChI=1S/C11H10BrCl2N5/c1-5-2-8(14)9(3-7(5)13)17-10-6(12)4-16-11(18-10)19-15/h2-4H,15H2,1H3,(H2,16,17,18,19). The molecule has 2 rings (SSSR count). The van der Waals surface area contributed by atoms with E-state index < -0.39 is 0 Å². The van der Waals surface area contributed by atoms with Crippen LogP contribution in [0.25, 0.3) is 0 Å². The van der Waals surface area contributed by atoms with Crippen LogP contribution in [0.15, 0.2) is 22.8 Å². The summed E-state index contributed by atoms with van der Waals surface area (Å²) in [6.45, 7) is 1.88. The summed E-state index contributed by atoms with van der Waals surface area (Å²) in [5, 5.41) is 4.24. The minimum atomic E-state index is 0.292. The fourth-order valence-electron chi connectivity index (χ4n) is 1.39. The zero-order chi connectivity index (χ0) is 14.0. The van der Waals surface area contributed by atoms with Gasteiger partial charge < -0.3 is 5.32 Å². The summed E-state index contributed by atoms with van der Waals surface area (Å²) >= 11 is 15.6. The number of aromatic nitrogens is 2. The molecule has 4 N–H and O–H groups in total. The lowest BCUT2D eigenvalue weighted by Gasteiger charge is -2.11. The summed E-state index contributed by atoms with van der Waals surface area (Å²) in [6, 6.07) is 3.52. The van der Waals surface area contributed by atoms with Crippen molar-refractivity contribution in [2.24, 2.45) is 5.84 Å². The van der Waals surface area contributed by atoms with Gasteiger partial charge in [0.05, 0.1) is 15.2 Å². The number of nitrogen functional groups attached to an aromatic ring is 1. The second-order valence-corrected chi connectivity index (χ2v) is 5.41. The molecule has 0 unspecified atom stereocenters. The minimum Gasteiger partial charge on any atom is -0.338 e. The molecule has 19 heavy (non-hydrogen) atoms. The lowest BCUT2D eigenvalue weighted by Crippen LogP contribution is -2.11. The Hall–Kier alpha value is -1.08. The second kappa shape index (κ2) is 5.92. The van der Waals surface area contributed by atoms with Crippen LogP contribution in [-0.2, 0) is 0 Å². The smallest absolute Gasteiger partial charge is 0.239 e. The molecular weight excluding hydrogens is 353 g/mol. The number of nitrogens with two attached hydrogens (primary N) is 1. The number of hydrazine groups is 1. The van der Waals surface area contributed by atoms with Crippen LogP contribution >= 0.6 is 39.1 Å². The zero-order valence-corrected chi connectivity index (χ0v) is 12.9. The van der Waals surface area contributed by atoms with E-state index >= 15 is 0 Å². The molecule has 0 fully saturated rings. The molecule has 1 heterocycles. The van der Waals surface area contributed by atoms with E-state index in [2.05, 4.69) is 36.6 Å². The van der Waals surface area contributed by atoms with Crippen molar-refractivity contribution < 1.29 is 0 Å². The van der Waals surface area contributed by atoms with Crippen LogP contribution in [0.1, 0.15) is 5.56 Å². The molecule has 0 aliphatic rings. The summed E-state index contributed by atoms with van der Waals surface area (Å²) < 4.78 is 0.680. The number of nitrogens with zero attached hydrogens (tertiary/aromatic N) is 2. The first-order chi connectivity index (χ1) is 9.01. The van der Waals surface area contributed by atoms with Crippen molar-refractivity contribution in [3.05, 3.63) is 38.4 Å². The predicted octanol–water partition coefficient (Wildman–Crippen LogP) is 3.88. The molecular formula is C11H10BrCl2N5. The molecule has 5 nitrogen and oxygen atoms in total. The lowest BCUT2D eigenvalue weighted by atomic mass is 10.2. The average molecular weight is 363 g/mol. The van der Waals surface area contributed by atoms with Crippen molar-refractivity contribution in [3.8, 4) is 0 Å². The van der Waals surface area contributed by atoms with Gasteiger partial charge in [-0.2, -0.15) is 4.98 Å². The first-order valence-electron chi connectivity index (χ1n) is 5.23. The van der Waals surface area contributed by atoms with Gasteiger partial charge in [0.25, 0.3) is 0 Å². The van der Waals surface area contributed by atoms with Gasteiger partial charge in [-0.1, -0.05) is 23.2 Å². The van der Waals surface area contributed by atoms with Crippen molar-refractivity contribution in [3.63, 3.8) is 0 Å². The monoisotopic (exact) mass is 361 g/mol. The summed E-state index contributed by atoms with van der Waals surface area (Å²) in [4.78, 5) is 8.13. The number of hydrogen-bond acceptors (Lipinski definition) is 5. The molecule has 8 heteroatoms. The Morgan fingerprint density at radius 2 is 2.00 bits per heavy atom. The highest BCUT2D eigenvalue weighted by Gasteiger charge is 2.09. The molecule has 1 aromatic carbocycles. The lowest BCUT2D eigenvalue weighted by molar-refractivity contribution is 1.11. The van der Waals surface area contributed by atoms with E-state index in [0.717, 1.165) is 5.56 Å². The summed E-state index contributed by atoms with van der Waals surface area (Å²) in [6.07, 6.45) is 1.58. The molecule has 0 spiro atoms. The predicted molar refractivity (Wildman–Crippen MR) is 82.0 cm³/mol. The van der Waals surface area contributed by atoms with Crippen LogP contribution in [0.5, 0.6) is 0 Å². The largest absolute Gasteiger partial charge is 0.338 e. The second-order valence-electron chi connectivity index (χ2n) is 3.74. The third-order valence-electron chi connectivity index (χ3n) is 2.37. The molecule has 2 aromatic rings. The van der Waals surface area contributed by atoms with Crippen LogP contribution in [0.3, 0.4) is 0 Å². The van der Waals surface area contributed by atoms with Gasteiger partial charge in [-0.25, -0.2) is 10.8 Å². The van der Waals surface area contributed by atoms with Gasteiger partial charge in [0.1, 0.15) is 5.82 Å². The molecule has 0 radical (unpaired) electrons. The maximum Gasteiger partial charge on any atom is 0.239 e. The van der Waals surface area contributed by atoms with Crippen LogP contribution < -0.4 is 16.6 Å². The van der Waals surface area contributed by atoms with Crippen molar-refractivity contribution in [2.75, 3.05) is 10.7 Å². The van der Waals surface area contributed by atoms with Crippen LogP contribution in [0.4, 0.5) is 17.5 Å². The van der Waals surface area contributed by atoms with Crippen molar-refractivity contribution in [2.45, 2.75) is 6.92 Å². The number of rotatable bonds is 3. The van der Waals surface area contributed by atoms with E-state index in [0.29, 0.717) is 32.0 Å². The minimum absolute atomic E-state index is 0.292. The quantitative estimate of drug-likeness (QED) is 0.570. The van der Waals surface area contributed by atoms with Gasteiger partial charge >= 0.3 is 0 Å². The SMILES string of the molecule is Cc1cc(Cl)c(Nc2nc(NN)ncc2Br)cc1Cl. The van der Waals surface area contributed by atoms with Crippen LogP contribution in [0, 0.1) is 6.92 Å². The van der Waals surface area contributed by atoms with E-state index in [1.54, 1.807) is 18.3 Å². The third-order valence-corrected chi connectivity index (χ3v) is 3.67. The fourth-order valence-corrected chi connectivity index (χ4v) is 2.11. The topological polar surface area (TPSA) is 75.9 Å².